The molecule has 0 radical (unpaired) electrons. The molecule has 2 aromatic rings. The fourth-order valence-electron chi connectivity index (χ4n) is 3.60. The fraction of sp³-hybridized carbons (Fsp3) is 0.381. The highest BCUT2D eigenvalue weighted by Crippen LogP contribution is 2.30. The van der Waals surface area contributed by atoms with E-state index in [0.717, 1.165) is 23.4 Å². The van der Waals surface area contributed by atoms with E-state index in [9.17, 15) is 22.8 Å². The predicted octanol–water partition coefficient (Wildman–Crippen LogP) is 4.01. The molecule has 1 aliphatic heterocycles. The molecule has 1 saturated heterocycles. The number of alkyl halides is 3. The molecule has 1 aromatic heterocycles. The molecule has 5 nitrogen and oxygen atoms in total. The minimum absolute atomic E-state index is 0.0299. The Morgan fingerprint density at radius 3 is 2.62 bits per heavy atom. The maximum absolute atomic E-state index is 12.9. The quantitative estimate of drug-likeness (QED) is 0.836. The molecule has 0 spiro atoms. The first kappa shape index (κ1) is 20.8. The summed E-state index contributed by atoms with van der Waals surface area (Å²) in [5.74, 6) is -1.10. The Hall–Kier alpha value is -2.90. The number of benzene rings is 1. The molecular weight excluding hydrogens is 383 g/mol. The van der Waals surface area contributed by atoms with Crippen LogP contribution in [0.15, 0.2) is 30.3 Å². The number of halogens is 3. The van der Waals surface area contributed by atoms with Crippen molar-refractivity contribution in [1.82, 2.24) is 9.88 Å². The molecule has 2 amide bonds. The number of hydrogen-bond acceptors (Lipinski definition) is 3. The average molecular weight is 405 g/mol. The lowest BCUT2D eigenvalue weighted by Crippen LogP contribution is -2.28. The second kappa shape index (κ2) is 7.85. The van der Waals surface area contributed by atoms with Gasteiger partial charge >= 0.3 is 6.18 Å². The third kappa shape index (κ3) is 4.75. The predicted molar refractivity (Wildman–Crippen MR) is 102 cm³/mol. The third-order valence-electron chi connectivity index (χ3n) is 4.99. The maximum atomic E-state index is 12.9. The van der Waals surface area contributed by atoms with Gasteiger partial charge < -0.3 is 10.2 Å². The van der Waals surface area contributed by atoms with Gasteiger partial charge in [-0.1, -0.05) is 12.1 Å². The van der Waals surface area contributed by atoms with E-state index in [4.69, 9.17) is 0 Å². The van der Waals surface area contributed by atoms with E-state index in [-0.39, 0.29) is 31.3 Å². The lowest BCUT2D eigenvalue weighted by Gasteiger charge is -2.18. The molecule has 29 heavy (non-hydrogen) atoms. The van der Waals surface area contributed by atoms with Crippen molar-refractivity contribution in [3.63, 3.8) is 0 Å². The number of nitrogens with zero attached hydrogens (tertiary/aromatic N) is 2. The maximum Gasteiger partial charge on any atom is 0.416 e. The van der Waals surface area contributed by atoms with E-state index in [2.05, 4.69) is 10.3 Å². The molecule has 0 saturated carbocycles. The summed E-state index contributed by atoms with van der Waals surface area (Å²) in [4.78, 5) is 30.8. The molecule has 1 unspecified atom stereocenters. The van der Waals surface area contributed by atoms with Crippen molar-refractivity contribution in [3.8, 4) is 0 Å². The first-order chi connectivity index (χ1) is 13.5. The number of likely N-dealkylation sites (tertiary alicyclic amines) is 1. The molecule has 0 aliphatic carbocycles. The summed E-state index contributed by atoms with van der Waals surface area (Å²) >= 11 is 0. The van der Waals surface area contributed by atoms with Gasteiger partial charge in [-0.3, -0.25) is 14.6 Å². The van der Waals surface area contributed by atoms with Crippen LogP contribution in [0.25, 0.3) is 0 Å². The fourth-order valence-corrected chi connectivity index (χ4v) is 3.60. The zero-order chi connectivity index (χ0) is 21.3. The highest BCUT2D eigenvalue weighted by molar-refractivity contribution is 5.98. The number of amides is 2. The van der Waals surface area contributed by atoms with Gasteiger partial charge in [-0.15, -0.1) is 0 Å². The number of carbonyl (C=O) groups excluding carboxylic acids is 2. The molecule has 3 rings (SSSR count). The van der Waals surface area contributed by atoms with Crippen molar-refractivity contribution in [2.45, 2.75) is 39.9 Å². The van der Waals surface area contributed by atoms with E-state index in [0.29, 0.717) is 16.9 Å². The summed E-state index contributed by atoms with van der Waals surface area (Å²) in [5.41, 5.74) is 2.68. The van der Waals surface area contributed by atoms with E-state index >= 15 is 0 Å². The molecule has 8 heteroatoms. The van der Waals surface area contributed by atoms with Crippen LogP contribution in [0.5, 0.6) is 0 Å². The smallest absolute Gasteiger partial charge is 0.338 e. The minimum atomic E-state index is -4.44. The van der Waals surface area contributed by atoms with Crippen LogP contribution in [0.1, 0.15) is 34.5 Å². The summed E-state index contributed by atoms with van der Waals surface area (Å²) in [7, 11) is 0. The molecule has 1 fully saturated rings. The minimum Gasteiger partial charge on any atom is -0.338 e. The van der Waals surface area contributed by atoms with Crippen LogP contribution in [0.4, 0.5) is 18.9 Å². The van der Waals surface area contributed by atoms with Gasteiger partial charge in [0, 0.05) is 25.2 Å². The van der Waals surface area contributed by atoms with Crippen LogP contribution >= 0.6 is 0 Å². The first-order valence-corrected chi connectivity index (χ1v) is 9.24. The van der Waals surface area contributed by atoms with Gasteiger partial charge in [0.2, 0.25) is 11.8 Å². The number of nitrogens with one attached hydrogen (secondary N) is 1. The third-order valence-corrected chi connectivity index (χ3v) is 4.99. The standard InChI is InChI=1S/C21H22F3N3O2/c1-12-7-13(2)25-14(3)19(12)26-20(29)16-9-18(28)27(11-16)10-15-5-4-6-17(8-15)21(22,23)24/h4-8,16H,9-11H2,1-3H3,(H,26,29). The number of anilines is 1. The van der Waals surface area contributed by atoms with Crippen molar-refractivity contribution in [3.05, 3.63) is 58.4 Å². The number of aryl methyl sites for hydroxylation is 3. The molecule has 154 valence electrons. The Labute approximate surface area is 166 Å². The number of pyridine rings is 1. The van der Waals surface area contributed by atoms with Crippen molar-refractivity contribution >= 4 is 17.5 Å². The summed E-state index contributed by atoms with van der Waals surface area (Å²) in [6, 6.07) is 6.75. The van der Waals surface area contributed by atoms with Crippen LogP contribution < -0.4 is 5.32 Å². The Morgan fingerprint density at radius 1 is 1.24 bits per heavy atom. The Bertz CT molecular complexity index is 933. The Morgan fingerprint density at radius 2 is 1.97 bits per heavy atom. The second-order valence-corrected chi connectivity index (χ2v) is 7.40. The summed E-state index contributed by atoms with van der Waals surface area (Å²) < 4.78 is 38.7. The highest BCUT2D eigenvalue weighted by atomic mass is 19.4. The van der Waals surface area contributed by atoms with Gasteiger partial charge in [-0.25, -0.2) is 0 Å². The van der Waals surface area contributed by atoms with E-state index in [1.165, 1.54) is 11.0 Å². The lowest BCUT2D eigenvalue weighted by molar-refractivity contribution is -0.137. The van der Waals surface area contributed by atoms with E-state index in [1.807, 2.05) is 19.9 Å². The lowest BCUT2D eigenvalue weighted by atomic mass is 10.1. The van der Waals surface area contributed by atoms with Gasteiger partial charge in [0.15, 0.2) is 0 Å². The first-order valence-electron chi connectivity index (χ1n) is 9.24. The van der Waals surface area contributed by atoms with Gasteiger partial charge in [0.1, 0.15) is 0 Å². The topological polar surface area (TPSA) is 62.3 Å². The van der Waals surface area contributed by atoms with Gasteiger partial charge in [-0.05, 0) is 50.1 Å². The molecular formula is C21H22F3N3O2. The van der Waals surface area contributed by atoms with Crippen LogP contribution in [0, 0.1) is 26.7 Å². The summed E-state index contributed by atoms with van der Waals surface area (Å²) in [6.45, 7) is 5.74. The number of aromatic nitrogens is 1. The normalized spacial score (nSPS) is 17.0. The van der Waals surface area contributed by atoms with Crippen molar-refractivity contribution in [2.24, 2.45) is 5.92 Å². The summed E-state index contributed by atoms with van der Waals surface area (Å²) in [5, 5.41) is 2.85. The number of carbonyl (C=O) groups is 2. The Kier molecular flexibility index (Phi) is 5.64. The number of hydrogen-bond donors (Lipinski definition) is 1. The van der Waals surface area contributed by atoms with E-state index in [1.54, 1.807) is 13.0 Å². The van der Waals surface area contributed by atoms with Crippen LogP contribution in [-0.4, -0.2) is 28.2 Å². The molecule has 1 aliphatic rings. The molecule has 0 bridgehead atoms. The summed E-state index contributed by atoms with van der Waals surface area (Å²) in [6.07, 6.45) is -4.41. The molecule has 1 aromatic carbocycles. The molecule has 1 N–H and O–H groups in total. The Balaban J connectivity index is 1.68. The molecule has 1 atom stereocenters. The van der Waals surface area contributed by atoms with Gasteiger partial charge in [-0.2, -0.15) is 13.2 Å². The zero-order valence-electron chi connectivity index (χ0n) is 16.4. The number of rotatable bonds is 4. The van der Waals surface area contributed by atoms with Gasteiger partial charge in [0.05, 0.1) is 22.9 Å². The van der Waals surface area contributed by atoms with Crippen LogP contribution in [0.3, 0.4) is 0 Å². The average Bonchev–Trinajstić information content (AvgIpc) is 2.98. The zero-order valence-corrected chi connectivity index (χ0v) is 16.4. The second-order valence-electron chi connectivity index (χ2n) is 7.40. The van der Waals surface area contributed by atoms with Crippen molar-refractivity contribution in [1.29, 1.82) is 0 Å². The van der Waals surface area contributed by atoms with Crippen LogP contribution in [-0.2, 0) is 22.3 Å². The van der Waals surface area contributed by atoms with Crippen molar-refractivity contribution < 1.29 is 22.8 Å². The largest absolute Gasteiger partial charge is 0.416 e. The molecule has 2 heterocycles. The monoisotopic (exact) mass is 405 g/mol. The highest BCUT2D eigenvalue weighted by Gasteiger charge is 2.35. The van der Waals surface area contributed by atoms with Crippen molar-refractivity contribution in [2.75, 3.05) is 11.9 Å². The SMILES string of the molecule is Cc1cc(C)c(NC(=O)C2CC(=O)N(Cc3cccc(C(F)(F)F)c3)C2)c(C)n1. The van der Waals surface area contributed by atoms with E-state index < -0.39 is 17.7 Å². The van der Waals surface area contributed by atoms with Gasteiger partial charge in [0.25, 0.3) is 0 Å². The van der Waals surface area contributed by atoms with Crippen LogP contribution in [0.2, 0.25) is 0 Å².